The number of pyridine rings is 1. The number of carbonyl (C=O) groups is 2. The zero-order valence-corrected chi connectivity index (χ0v) is 16.9. The Morgan fingerprint density at radius 2 is 2.07 bits per heavy atom. The predicted molar refractivity (Wildman–Crippen MR) is 108 cm³/mol. The SMILES string of the molecule is O=C[C@@H]1CN(CC2CC2)[C@@]2(C(=O)Nc3nc(Cl)ccc32)[C@H]1c1cccc(Cl)c1F. The van der Waals surface area contributed by atoms with Gasteiger partial charge in [-0.1, -0.05) is 35.3 Å². The summed E-state index contributed by atoms with van der Waals surface area (Å²) in [5, 5.41) is 3.05. The number of likely N-dealkylation sites (tertiary alicyclic amines) is 1. The monoisotopic (exact) mass is 433 g/mol. The molecule has 3 aliphatic rings. The quantitative estimate of drug-likeness (QED) is 0.584. The molecule has 2 aromatic rings. The second-order valence-electron chi connectivity index (χ2n) is 8.02. The first-order chi connectivity index (χ1) is 14.0. The lowest BCUT2D eigenvalue weighted by Crippen LogP contribution is -2.50. The van der Waals surface area contributed by atoms with Crippen LogP contribution in [-0.2, 0) is 15.1 Å². The van der Waals surface area contributed by atoms with E-state index in [2.05, 4.69) is 10.3 Å². The van der Waals surface area contributed by atoms with E-state index in [1.165, 1.54) is 6.07 Å². The first kappa shape index (κ1) is 19.0. The third-order valence-electron chi connectivity index (χ3n) is 6.33. The highest BCUT2D eigenvalue weighted by Crippen LogP contribution is 2.57. The van der Waals surface area contributed by atoms with E-state index < -0.39 is 23.2 Å². The van der Waals surface area contributed by atoms with Crippen molar-refractivity contribution in [2.45, 2.75) is 24.3 Å². The molecule has 1 aliphatic carbocycles. The van der Waals surface area contributed by atoms with Crippen LogP contribution < -0.4 is 5.32 Å². The number of hydrogen-bond acceptors (Lipinski definition) is 4. The molecular weight excluding hydrogens is 416 g/mol. The number of halogens is 3. The molecule has 1 aromatic heterocycles. The van der Waals surface area contributed by atoms with Crippen molar-refractivity contribution < 1.29 is 14.0 Å². The zero-order valence-electron chi connectivity index (χ0n) is 15.4. The van der Waals surface area contributed by atoms with E-state index >= 15 is 4.39 Å². The van der Waals surface area contributed by atoms with E-state index in [1.807, 2.05) is 4.90 Å². The minimum atomic E-state index is -1.23. The highest BCUT2D eigenvalue weighted by Gasteiger charge is 2.64. The molecule has 2 fully saturated rings. The van der Waals surface area contributed by atoms with Crippen LogP contribution >= 0.6 is 23.2 Å². The van der Waals surface area contributed by atoms with Crippen LogP contribution in [0.25, 0.3) is 0 Å². The van der Waals surface area contributed by atoms with Gasteiger partial charge in [-0.3, -0.25) is 9.69 Å². The molecule has 1 amide bonds. The highest BCUT2D eigenvalue weighted by molar-refractivity contribution is 6.31. The number of nitrogens with one attached hydrogen (secondary N) is 1. The van der Waals surface area contributed by atoms with Gasteiger partial charge in [-0.05, 0) is 42.5 Å². The van der Waals surface area contributed by atoms with Gasteiger partial charge < -0.3 is 10.1 Å². The summed E-state index contributed by atoms with van der Waals surface area (Å²) in [6, 6.07) is 8.10. The van der Waals surface area contributed by atoms with Crippen molar-refractivity contribution in [3.63, 3.8) is 0 Å². The number of anilines is 1. The summed E-state index contributed by atoms with van der Waals surface area (Å²) in [4.78, 5) is 31.9. The van der Waals surface area contributed by atoms with Crippen LogP contribution in [0.4, 0.5) is 10.2 Å². The summed E-state index contributed by atoms with van der Waals surface area (Å²) < 4.78 is 15.1. The minimum absolute atomic E-state index is 0.0317. The van der Waals surface area contributed by atoms with E-state index in [0.717, 1.165) is 19.1 Å². The van der Waals surface area contributed by atoms with Crippen molar-refractivity contribution in [2.24, 2.45) is 11.8 Å². The average molecular weight is 434 g/mol. The molecule has 8 heteroatoms. The molecule has 0 radical (unpaired) electrons. The summed E-state index contributed by atoms with van der Waals surface area (Å²) in [5.74, 6) is -1.35. The van der Waals surface area contributed by atoms with Gasteiger partial charge in [0.15, 0.2) is 0 Å². The van der Waals surface area contributed by atoms with Gasteiger partial charge in [0, 0.05) is 30.5 Å². The number of benzene rings is 1. The third-order valence-corrected chi connectivity index (χ3v) is 6.83. The zero-order chi connectivity index (χ0) is 20.3. The molecule has 5 nitrogen and oxygen atoms in total. The van der Waals surface area contributed by atoms with Crippen molar-refractivity contribution in [3.8, 4) is 0 Å². The largest absolute Gasteiger partial charge is 0.308 e. The summed E-state index contributed by atoms with van der Waals surface area (Å²) in [5.41, 5.74) is -0.334. The number of rotatable bonds is 4. The Morgan fingerprint density at radius 1 is 1.28 bits per heavy atom. The fourth-order valence-electron chi connectivity index (χ4n) is 4.96. The van der Waals surface area contributed by atoms with Gasteiger partial charge in [-0.15, -0.1) is 0 Å². The Kier molecular flexibility index (Phi) is 4.42. The maximum Gasteiger partial charge on any atom is 0.251 e. The average Bonchev–Trinajstić information content (AvgIpc) is 3.39. The van der Waals surface area contributed by atoms with E-state index in [4.69, 9.17) is 23.2 Å². The van der Waals surface area contributed by atoms with Crippen LogP contribution in [0, 0.1) is 17.7 Å². The molecule has 3 heterocycles. The summed E-state index contributed by atoms with van der Waals surface area (Å²) in [6.45, 7) is 1.03. The number of fused-ring (bicyclic) bond motifs is 2. The normalized spacial score (nSPS) is 28.6. The number of aromatic nitrogens is 1. The number of amides is 1. The molecule has 5 rings (SSSR count). The van der Waals surface area contributed by atoms with Gasteiger partial charge in [-0.2, -0.15) is 0 Å². The molecular formula is C21H18Cl2FN3O2. The molecule has 2 aliphatic heterocycles. The molecule has 29 heavy (non-hydrogen) atoms. The van der Waals surface area contributed by atoms with Crippen molar-refractivity contribution in [2.75, 3.05) is 18.4 Å². The van der Waals surface area contributed by atoms with Gasteiger partial charge in [-0.25, -0.2) is 9.37 Å². The van der Waals surface area contributed by atoms with E-state index in [1.54, 1.807) is 24.3 Å². The Bertz CT molecular complexity index is 1030. The molecule has 3 atom stereocenters. The Balaban J connectivity index is 1.76. The Labute approximate surface area is 177 Å². The van der Waals surface area contributed by atoms with Crippen LogP contribution in [0.2, 0.25) is 10.2 Å². The third kappa shape index (κ3) is 2.73. The van der Waals surface area contributed by atoms with Crippen molar-refractivity contribution in [1.29, 1.82) is 0 Å². The molecule has 1 N–H and O–H groups in total. The Morgan fingerprint density at radius 3 is 2.79 bits per heavy atom. The molecule has 0 unspecified atom stereocenters. The van der Waals surface area contributed by atoms with Crippen LogP contribution in [0.1, 0.15) is 29.9 Å². The molecule has 0 bridgehead atoms. The van der Waals surface area contributed by atoms with Crippen molar-refractivity contribution in [1.82, 2.24) is 9.88 Å². The van der Waals surface area contributed by atoms with Crippen LogP contribution in [0.3, 0.4) is 0 Å². The van der Waals surface area contributed by atoms with Gasteiger partial charge in [0.2, 0.25) is 0 Å². The van der Waals surface area contributed by atoms with Crippen LogP contribution in [0.15, 0.2) is 30.3 Å². The standard InChI is InChI=1S/C21H18Cl2FN3O2/c22-15-3-1-2-13(18(15)24)17-12(10-28)9-27(8-11-4-5-11)21(17)14-6-7-16(23)25-19(14)26-20(21)29/h1-3,6-7,10-12,17H,4-5,8-9H2,(H,25,26,29)/t12-,17+,21+/m0/s1. The summed E-state index contributed by atoms with van der Waals surface area (Å²) >= 11 is 12.1. The highest BCUT2D eigenvalue weighted by atomic mass is 35.5. The van der Waals surface area contributed by atoms with Gasteiger partial charge in [0.05, 0.1) is 5.02 Å². The van der Waals surface area contributed by atoms with Crippen LogP contribution in [0.5, 0.6) is 0 Å². The summed E-state index contributed by atoms with van der Waals surface area (Å²) in [7, 11) is 0. The van der Waals surface area contributed by atoms with Crippen molar-refractivity contribution in [3.05, 3.63) is 57.5 Å². The number of aldehydes is 1. The number of nitrogens with zero attached hydrogens (tertiary/aromatic N) is 2. The van der Waals surface area contributed by atoms with E-state index in [0.29, 0.717) is 30.4 Å². The molecule has 1 saturated heterocycles. The molecule has 1 spiro atoms. The second kappa shape index (κ2) is 6.76. The van der Waals surface area contributed by atoms with E-state index in [9.17, 15) is 9.59 Å². The van der Waals surface area contributed by atoms with Gasteiger partial charge >= 0.3 is 0 Å². The molecule has 1 aromatic carbocycles. The second-order valence-corrected chi connectivity index (χ2v) is 8.81. The van der Waals surface area contributed by atoms with Crippen LogP contribution in [-0.4, -0.2) is 35.2 Å². The maximum atomic E-state index is 15.1. The summed E-state index contributed by atoms with van der Waals surface area (Å²) in [6.07, 6.45) is 3.00. The molecule has 1 saturated carbocycles. The molecule has 150 valence electrons. The first-order valence-corrected chi connectivity index (χ1v) is 10.3. The van der Waals surface area contributed by atoms with E-state index in [-0.39, 0.29) is 21.6 Å². The Hall–Kier alpha value is -2.02. The fourth-order valence-corrected chi connectivity index (χ4v) is 5.29. The van der Waals surface area contributed by atoms with Gasteiger partial charge in [0.25, 0.3) is 5.91 Å². The lowest BCUT2D eigenvalue weighted by Gasteiger charge is -2.38. The fraction of sp³-hybridized carbons (Fsp3) is 0.381. The minimum Gasteiger partial charge on any atom is -0.308 e. The first-order valence-electron chi connectivity index (χ1n) is 9.59. The van der Waals surface area contributed by atoms with Crippen molar-refractivity contribution >= 4 is 41.2 Å². The lowest BCUT2D eigenvalue weighted by atomic mass is 9.72. The number of hydrogen-bond donors (Lipinski definition) is 1. The topological polar surface area (TPSA) is 62.3 Å². The number of carbonyl (C=O) groups excluding carboxylic acids is 2. The predicted octanol–water partition coefficient (Wildman–Crippen LogP) is 4.00. The maximum absolute atomic E-state index is 15.1. The van der Waals surface area contributed by atoms with Gasteiger partial charge in [0.1, 0.15) is 28.6 Å². The lowest BCUT2D eigenvalue weighted by molar-refractivity contribution is -0.127. The smallest absolute Gasteiger partial charge is 0.251 e.